The molecule has 1 amide bonds. The number of carbonyl (C=O) groups excluding carboxylic acids is 1. The summed E-state index contributed by atoms with van der Waals surface area (Å²) in [5.74, 6) is 0.0247. The molecule has 1 aromatic heterocycles. The highest BCUT2D eigenvalue weighted by atomic mass is 16.5. The van der Waals surface area contributed by atoms with Gasteiger partial charge in [0.15, 0.2) is 0 Å². The highest BCUT2D eigenvalue weighted by Crippen LogP contribution is 2.15. The molecule has 116 valence electrons. The molecule has 1 atom stereocenters. The van der Waals surface area contributed by atoms with Crippen molar-refractivity contribution in [3.8, 4) is 0 Å². The van der Waals surface area contributed by atoms with Gasteiger partial charge in [-0.2, -0.15) is 0 Å². The van der Waals surface area contributed by atoms with Crippen LogP contribution in [-0.4, -0.2) is 48.6 Å². The average molecular weight is 291 g/mol. The van der Waals surface area contributed by atoms with Gasteiger partial charge >= 0.3 is 0 Å². The molecule has 1 aliphatic heterocycles. The fourth-order valence-electron chi connectivity index (χ4n) is 2.41. The van der Waals surface area contributed by atoms with E-state index in [1.165, 1.54) is 0 Å². The standard InChI is InChI=1S/C16H25N3O2/c1-3-4-7-19(2)16(20)13-9-14(11-17-10-13)18-12-15-6-5-8-21-15/h9-11,15,18H,3-8,12H2,1-2H3. The van der Waals surface area contributed by atoms with Gasteiger partial charge in [0.05, 0.1) is 17.4 Å². The van der Waals surface area contributed by atoms with Crippen LogP contribution in [-0.2, 0) is 4.74 Å². The molecule has 21 heavy (non-hydrogen) atoms. The molecule has 1 N–H and O–H groups in total. The lowest BCUT2D eigenvalue weighted by molar-refractivity contribution is 0.0793. The van der Waals surface area contributed by atoms with Crippen LogP contribution in [0.3, 0.4) is 0 Å². The number of aromatic nitrogens is 1. The molecule has 1 aliphatic rings. The maximum absolute atomic E-state index is 12.3. The number of pyridine rings is 1. The lowest BCUT2D eigenvalue weighted by Crippen LogP contribution is -2.28. The van der Waals surface area contributed by atoms with E-state index in [-0.39, 0.29) is 12.0 Å². The summed E-state index contributed by atoms with van der Waals surface area (Å²) >= 11 is 0. The second-order valence-corrected chi connectivity index (χ2v) is 5.56. The quantitative estimate of drug-likeness (QED) is 0.839. The van der Waals surface area contributed by atoms with Crippen molar-refractivity contribution in [3.63, 3.8) is 0 Å². The zero-order valence-electron chi connectivity index (χ0n) is 13.0. The molecule has 2 heterocycles. The van der Waals surface area contributed by atoms with Gasteiger partial charge in [0.25, 0.3) is 5.91 Å². The first-order valence-corrected chi connectivity index (χ1v) is 7.76. The van der Waals surface area contributed by atoms with E-state index in [4.69, 9.17) is 4.74 Å². The normalized spacial score (nSPS) is 17.7. The maximum atomic E-state index is 12.3. The fraction of sp³-hybridized carbons (Fsp3) is 0.625. The van der Waals surface area contributed by atoms with Crippen molar-refractivity contribution in [1.82, 2.24) is 9.88 Å². The minimum absolute atomic E-state index is 0.0247. The van der Waals surface area contributed by atoms with Crippen LogP contribution in [0.1, 0.15) is 43.0 Å². The molecule has 0 bridgehead atoms. The molecule has 1 fully saturated rings. The monoisotopic (exact) mass is 291 g/mol. The SMILES string of the molecule is CCCCN(C)C(=O)c1cncc(NCC2CCCO2)c1. The molecule has 0 saturated carbocycles. The van der Waals surface area contributed by atoms with Gasteiger partial charge in [-0.15, -0.1) is 0 Å². The van der Waals surface area contributed by atoms with Gasteiger partial charge < -0.3 is 15.0 Å². The summed E-state index contributed by atoms with van der Waals surface area (Å²) in [4.78, 5) is 18.2. The number of nitrogens with zero attached hydrogens (tertiary/aromatic N) is 2. The number of anilines is 1. The molecule has 0 spiro atoms. The summed E-state index contributed by atoms with van der Waals surface area (Å²) in [6.45, 7) is 4.52. The Morgan fingerprint density at radius 2 is 2.38 bits per heavy atom. The third kappa shape index (κ3) is 4.70. The smallest absolute Gasteiger partial charge is 0.255 e. The number of carbonyl (C=O) groups is 1. The molecule has 5 heteroatoms. The molecule has 5 nitrogen and oxygen atoms in total. The average Bonchev–Trinajstić information content (AvgIpc) is 3.03. The van der Waals surface area contributed by atoms with E-state index >= 15 is 0 Å². The summed E-state index contributed by atoms with van der Waals surface area (Å²) < 4.78 is 5.58. The van der Waals surface area contributed by atoms with Crippen LogP contribution in [0.15, 0.2) is 18.5 Å². The predicted octanol–water partition coefficient (Wildman–Crippen LogP) is 2.54. The van der Waals surface area contributed by atoms with E-state index < -0.39 is 0 Å². The third-order valence-corrected chi connectivity index (χ3v) is 3.74. The second-order valence-electron chi connectivity index (χ2n) is 5.56. The van der Waals surface area contributed by atoms with Gasteiger partial charge in [-0.1, -0.05) is 13.3 Å². The van der Waals surface area contributed by atoms with Gasteiger partial charge in [-0.25, -0.2) is 0 Å². The number of hydrogen-bond acceptors (Lipinski definition) is 4. The van der Waals surface area contributed by atoms with E-state index in [2.05, 4.69) is 17.2 Å². The van der Waals surface area contributed by atoms with Crippen LogP contribution >= 0.6 is 0 Å². The molecular formula is C16H25N3O2. The Morgan fingerprint density at radius 3 is 3.10 bits per heavy atom. The largest absolute Gasteiger partial charge is 0.381 e. The van der Waals surface area contributed by atoms with E-state index in [1.807, 2.05) is 13.1 Å². The Kier molecular flexibility index (Phi) is 5.99. The Hall–Kier alpha value is -1.62. The Bertz CT molecular complexity index is 459. The molecule has 2 rings (SSSR count). The van der Waals surface area contributed by atoms with Crippen molar-refractivity contribution in [1.29, 1.82) is 0 Å². The van der Waals surface area contributed by atoms with Crippen molar-refractivity contribution < 1.29 is 9.53 Å². The van der Waals surface area contributed by atoms with E-state index in [0.29, 0.717) is 5.56 Å². The third-order valence-electron chi connectivity index (χ3n) is 3.74. The topological polar surface area (TPSA) is 54.5 Å². The summed E-state index contributed by atoms with van der Waals surface area (Å²) in [6, 6.07) is 1.87. The fourth-order valence-corrected chi connectivity index (χ4v) is 2.41. The highest BCUT2D eigenvalue weighted by molar-refractivity contribution is 5.94. The first kappa shape index (κ1) is 15.8. The van der Waals surface area contributed by atoms with Crippen LogP contribution in [0.4, 0.5) is 5.69 Å². The highest BCUT2D eigenvalue weighted by Gasteiger charge is 2.16. The lowest BCUT2D eigenvalue weighted by Gasteiger charge is -2.17. The van der Waals surface area contributed by atoms with Gasteiger partial charge in [-0.05, 0) is 25.3 Å². The number of unbranched alkanes of at least 4 members (excludes halogenated alkanes) is 1. The first-order valence-electron chi connectivity index (χ1n) is 7.76. The summed E-state index contributed by atoms with van der Waals surface area (Å²) in [5.41, 5.74) is 1.51. The van der Waals surface area contributed by atoms with Crippen molar-refractivity contribution in [2.75, 3.05) is 32.1 Å². The molecule has 0 radical (unpaired) electrons. The molecule has 1 unspecified atom stereocenters. The van der Waals surface area contributed by atoms with Crippen LogP contribution in [0.25, 0.3) is 0 Å². The maximum Gasteiger partial charge on any atom is 0.255 e. The minimum atomic E-state index is 0.0247. The van der Waals surface area contributed by atoms with Crippen LogP contribution in [0, 0.1) is 0 Å². The van der Waals surface area contributed by atoms with Crippen LogP contribution in [0.2, 0.25) is 0 Å². The van der Waals surface area contributed by atoms with Crippen molar-refractivity contribution >= 4 is 11.6 Å². The van der Waals surface area contributed by atoms with Gasteiger partial charge in [0.1, 0.15) is 0 Å². The summed E-state index contributed by atoms with van der Waals surface area (Å²) in [7, 11) is 1.84. The number of ether oxygens (including phenoxy) is 1. The van der Waals surface area contributed by atoms with Gasteiger partial charge in [-0.3, -0.25) is 9.78 Å². The first-order chi connectivity index (χ1) is 10.2. The molecule has 0 aliphatic carbocycles. The zero-order valence-corrected chi connectivity index (χ0v) is 13.0. The summed E-state index contributed by atoms with van der Waals surface area (Å²) in [5, 5.41) is 3.31. The number of amides is 1. The Morgan fingerprint density at radius 1 is 1.52 bits per heavy atom. The van der Waals surface area contributed by atoms with Gasteiger partial charge in [0, 0.05) is 39.1 Å². The van der Waals surface area contributed by atoms with Crippen LogP contribution in [0.5, 0.6) is 0 Å². The minimum Gasteiger partial charge on any atom is -0.381 e. The van der Waals surface area contributed by atoms with Crippen molar-refractivity contribution in [2.24, 2.45) is 0 Å². The number of nitrogens with one attached hydrogen (secondary N) is 1. The van der Waals surface area contributed by atoms with E-state index in [0.717, 1.165) is 51.1 Å². The zero-order chi connectivity index (χ0) is 15.1. The molecule has 1 saturated heterocycles. The molecular weight excluding hydrogens is 266 g/mol. The van der Waals surface area contributed by atoms with E-state index in [9.17, 15) is 4.79 Å². The Balaban J connectivity index is 1.91. The van der Waals surface area contributed by atoms with E-state index in [1.54, 1.807) is 17.3 Å². The number of hydrogen-bond donors (Lipinski definition) is 1. The Labute approximate surface area is 126 Å². The number of rotatable bonds is 7. The van der Waals surface area contributed by atoms with Crippen molar-refractivity contribution in [2.45, 2.75) is 38.7 Å². The van der Waals surface area contributed by atoms with Gasteiger partial charge in [0.2, 0.25) is 0 Å². The predicted molar refractivity (Wildman–Crippen MR) is 83.6 cm³/mol. The van der Waals surface area contributed by atoms with Crippen LogP contribution < -0.4 is 5.32 Å². The molecule has 1 aromatic rings. The lowest BCUT2D eigenvalue weighted by atomic mass is 10.2. The van der Waals surface area contributed by atoms with Crippen molar-refractivity contribution in [3.05, 3.63) is 24.0 Å². The second kappa shape index (κ2) is 7.98. The summed E-state index contributed by atoms with van der Waals surface area (Å²) in [6.07, 6.45) is 7.98. The molecule has 0 aromatic carbocycles.